The first kappa shape index (κ1) is 30.0. The maximum Gasteiger partial charge on any atom is 0.261 e. The van der Waals surface area contributed by atoms with E-state index in [1.165, 1.54) is 17.4 Å². The summed E-state index contributed by atoms with van der Waals surface area (Å²) in [5, 5.41) is 7.03. The van der Waals surface area contributed by atoms with Crippen LogP contribution in [-0.4, -0.2) is 53.0 Å². The van der Waals surface area contributed by atoms with Crippen molar-refractivity contribution in [2.45, 2.75) is 6.92 Å². The zero-order valence-electron chi connectivity index (χ0n) is 23.5. The number of likely N-dealkylation sites (N-methyl/N-ethyl adjacent to an activating group) is 1. The average Bonchev–Trinajstić information content (AvgIpc) is 3.36. The number of thiazole rings is 1. The highest BCUT2D eigenvalue weighted by Gasteiger charge is 2.19. The van der Waals surface area contributed by atoms with Gasteiger partial charge in [-0.05, 0) is 69.6 Å². The molecule has 2 aromatic heterocycles. The molecule has 0 aliphatic rings. The summed E-state index contributed by atoms with van der Waals surface area (Å²) in [4.78, 5) is 29.2. The van der Waals surface area contributed by atoms with Crippen LogP contribution in [0.4, 0.5) is 26.1 Å². The summed E-state index contributed by atoms with van der Waals surface area (Å²) in [5.74, 6) is -1.82. The van der Waals surface area contributed by atoms with Crippen LogP contribution in [0.1, 0.15) is 15.4 Å². The Labute approximate surface area is 256 Å². The minimum absolute atomic E-state index is 0.359. The number of nitrogens with one attached hydrogen (secondary N) is 2. The Bertz CT molecular complexity index is 1760. The van der Waals surface area contributed by atoms with E-state index in [2.05, 4.69) is 15.6 Å². The summed E-state index contributed by atoms with van der Waals surface area (Å²) in [6.45, 7) is 3.16. The molecule has 0 bridgehead atoms. The van der Waals surface area contributed by atoms with Gasteiger partial charge in [-0.2, -0.15) is 0 Å². The van der Waals surface area contributed by atoms with E-state index in [9.17, 15) is 13.6 Å². The van der Waals surface area contributed by atoms with E-state index < -0.39 is 23.1 Å². The largest absolute Gasteiger partial charge is 0.491 e. The molecule has 0 atom stereocenters. The lowest BCUT2D eigenvalue weighted by atomic mass is 10.1. The number of benzene rings is 3. The second-order valence-electron chi connectivity index (χ2n) is 9.73. The Kier molecular flexibility index (Phi) is 9.24. The number of rotatable bonds is 10. The number of amides is 1. The normalized spacial score (nSPS) is 11.0. The van der Waals surface area contributed by atoms with Crippen molar-refractivity contribution < 1.29 is 18.3 Å². The van der Waals surface area contributed by atoms with Gasteiger partial charge in [-0.25, -0.2) is 23.7 Å². The predicted octanol–water partition coefficient (Wildman–Crippen LogP) is 7.44. The number of anilines is 3. The fraction of sp³-hybridized carbons (Fsp3) is 0.161. The van der Waals surface area contributed by atoms with E-state index in [1.54, 1.807) is 42.6 Å². The van der Waals surface area contributed by atoms with Crippen LogP contribution in [0.25, 0.3) is 21.8 Å². The molecule has 5 rings (SSSR count). The highest BCUT2D eigenvalue weighted by Crippen LogP contribution is 2.37. The van der Waals surface area contributed by atoms with Crippen LogP contribution >= 0.6 is 22.9 Å². The van der Waals surface area contributed by atoms with Gasteiger partial charge in [0.25, 0.3) is 5.91 Å². The second kappa shape index (κ2) is 13.2. The number of carbonyl (C=O) groups is 1. The molecule has 0 unspecified atom stereocenters. The Hall–Kier alpha value is -4.45. The quantitative estimate of drug-likeness (QED) is 0.168. The maximum absolute atomic E-state index is 14.1. The molecule has 0 fully saturated rings. The standard InChI is InChI=1S/C31H27ClF2N6O2S/c1-18-36-28(19-6-4-7-20(16-19)37-30(41)27-23(33)8-5-9-24(27)34)29(43-18)25-12-13-35-31(39-25)38-21-10-11-26(22(32)17-21)42-15-14-40(2)3/h4-13,16-17H,14-15H2,1-3H3,(H,37,41)(H,35,38,39). The third kappa shape index (κ3) is 7.31. The van der Waals surface area contributed by atoms with Crippen LogP contribution in [0, 0.1) is 18.6 Å². The third-order valence-corrected chi connectivity index (χ3v) is 7.48. The van der Waals surface area contributed by atoms with Crippen molar-refractivity contribution in [1.29, 1.82) is 0 Å². The second-order valence-corrected chi connectivity index (χ2v) is 11.3. The molecule has 0 saturated carbocycles. The Morgan fingerprint density at radius 2 is 1.77 bits per heavy atom. The van der Waals surface area contributed by atoms with E-state index in [-0.39, 0.29) is 0 Å². The number of hydrogen-bond donors (Lipinski definition) is 2. The molecule has 0 aliphatic carbocycles. The van der Waals surface area contributed by atoms with Gasteiger partial charge < -0.3 is 20.3 Å². The van der Waals surface area contributed by atoms with Crippen LogP contribution in [0.5, 0.6) is 5.75 Å². The van der Waals surface area contributed by atoms with Gasteiger partial charge in [-0.3, -0.25) is 4.79 Å². The molecular formula is C31H27ClF2N6O2S. The molecule has 2 N–H and O–H groups in total. The monoisotopic (exact) mass is 620 g/mol. The molecule has 0 aliphatic heterocycles. The number of aromatic nitrogens is 3. The van der Waals surface area contributed by atoms with Gasteiger partial charge in [0, 0.05) is 29.7 Å². The zero-order valence-corrected chi connectivity index (χ0v) is 25.1. The first-order chi connectivity index (χ1) is 20.7. The fourth-order valence-corrected chi connectivity index (χ4v) is 5.30. The van der Waals surface area contributed by atoms with Crippen molar-refractivity contribution in [1.82, 2.24) is 19.9 Å². The topological polar surface area (TPSA) is 92.3 Å². The molecule has 0 radical (unpaired) electrons. The van der Waals surface area contributed by atoms with Crippen molar-refractivity contribution in [2.24, 2.45) is 0 Å². The van der Waals surface area contributed by atoms with E-state index in [0.717, 1.165) is 28.6 Å². The summed E-state index contributed by atoms with van der Waals surface area (Å²) in [5.41, 5.74) is 2.37. The summed E-state index contributed by atoms with van der Waals surface area (Å²) in [6.07, 6.45) is 1.64. The molecule has 12 heteroatoms. The molecule has 0 spiro atoms. The van der Waals surface area contributed by atoms with E-state index in [1.807, 2.05) is 38.1 Å². The first-order valence-corrected chi connectivity index (χ1v) is 14.4. The minimum atomic E-state index is -0.939. The molecule has 43 heavy (non-hydrogen) atoms. The first-order valence-electron chi connectivity index (χ1n) is 13.2. The van der Waals surface area contributed by atoms with Crippen molar-refractivity contribution in [2.75, 3.05) is 37.9 Å². The number of hydrogen-bond acceptors (Lipinski definition) is 8. The van der Waals surface area contributed by atoms with Crippen molar-refractivity contribution >= 4 is 46.2 Å². The number of halogens is 3. The molecule has 220 valence electrons. The van der Waals surface area contributed by atoms with Crippen LogP contribution in [0.15, 0.2) is 72.9 Å². The smallest absolute Gasteiger partial charge is 0.261 e. The van der Waals surface area contributed by atoms with Gasteiger partial charge in [0.2, 0.25) is 5.95 Å². The van der Waals surface area contributed by atoms with Gasteiger partial charge in [0.05, 0.1) is 26.3 Å². The summed E-state index contributed by atoms with van der Waals surface area (Å²) < 4.78 is 34.0. The summed E-state index contributed by atoms with van der Waals surface area (Å²) >= 11 is 7.89. The van der Waals surface area contributed by atoms with Crippen molar-refractivity contribution in [3.05, 3.63) is 100 Å². The highest BCUT2D eigenvalue weighted by molar-refractivity contribution is 7.15. The van der Waals surface area contributed by atoms with Crippen LogP contribution in [-0.2, 0) is 0 Å². The van der Waals surface area contributed by atoms with E-state index >= 15 is 0 Å². The maximum atomic E-state index is 14.1. The third-order valence-electron chi connectivity index (χ3n) is 6.19. The molecular weight excluding hydrogens is 594 g/mol. The lowest BCUT2D eigenvalue weighted by Gasteiger charge is -2.13. The van der Waals surface area contributed by atoms with E-state index in [4.69, 9.17) is 26.3 Å². The molecule has 0 saturated heterocycles. The van der Waals surface area contributed by atoms with Crippen molar-refractivity contribution in [3.8, 4) is 27.6 Å². The average molecular weight is 621 g/mol. The predicted molar refractivity (Wildman–Crippen MR) is 166 cm³/mol. The number of ether oxygens (including phenoxy) is 1. The lowest BCUT2D eigenvalue weighted by Crippen LogP contribution is -2.19. The zero-order chi connectivity index (χ0) is 30.5. The SMILES string of the molecule is Cc1nc(-c2cccc(NC(=O)c3c(F)cccc3F)c2)c(-c2ccnc(Nc3ccc(OCCN(C)C)c(Cl)c3)n2)s1. The van der Waals surface area contributed by atoms with Crippen molar-refractivity contribution in [3.63, 3.8) is 0 Å². The number of aryl methyl sites for hydroxylation is 1. The van der Waals surface area contributed by atoms with Crippen LogP contribution in [0.2, 0.25) is 5.02 Å². The van der Waals surface area contributed by atoms with Gasteiger partial charge >= 0.3 is 0 Å². The number of carbonyl (C=O) groups excluding carboxylic acids is 1. The van der Waals surface area contributed by atoms with E-state index in [0.29, 0.717) is 51.7 Å². The molecule has 5 aromatic rings. The fourth-order valence-electron chi connectivity index (χ4n) is 4.16. The molecule has 8 nitrogen and oxygen atoms in total. The highest BCUT2D eigenvalue weighted by atomic mass is 35.5. The summed E-state index contributed by atoms with van der Waals surface area (Å²) in [6, 6.07) is 17.3. The Morgan fingerprint density at radius 3 is 2.51 bits per heavy atom. The lowest BCUT2D eigenvalue weighted by molar-refractivity contribution is 0.101. The van der Waals surface area contributed by atoms with Gasteiger partial charge in [0.1, 0.15) is 29.6 Å². The Balaban J connectivity index is 1.36. The minimum Gasteiger partial charge on any atom is -0.491 e. The van der Waals surface area contributed by atoms with Gasteiger partial charge in [-0.15, -0.1) is 11.3 Å². The van der Waals surface area contributed by atoms with Gasteiger partial charge in [-0.1, -0.05) is 29.8 Å². The summed E-state index contributed by atoms with van der Waals surface area (Å²) in [7, 11) is 3.94. The molecule has 1 amide bonds. The van der Waals surface area contributed by atoms with Gasteiger partial charge in [0.15, 0.2) is 0 Å². The Morgan fingerprint density at radius 1 is 1.00 bits per heavy atom. The van der Waals surface area contributed by atoms with Crippen LogP contribution in [0.3, 0.4) is 0 Å². The molecule has 3 aromatic carbocycles. The molecule has 2 heterocycles. The van der Waals surface area contributed by atoms with Crippen LogP contribution < -0.4 is 15.4 Å². The number of nitrogens with zero attached hydrogens (tertiary/aromatic N) is 4.